The maximum absolute atomic E-state index is 11.4. The van der Waals surface area contributed by atoms with Gasteiger partial charge in [0.2, 0.25) is 0 Å². The number of hydrogen-bond acceptors (Lipinski definition) is 4. The van der Waals surface area contributed by atoms with Gasteiger partial charge in [-0.1, -0.05) is 51.1 Å². The maximum atomic E-state index is 11.4. The molecule has 2 heterocycles. The standard InChI is InChI=1S/C22H37NO3Si/c1-21(2,3)27(5,6)26-19-13-12-18-14-15-25-20(23(18)16-19)22(4,24)17-10-8-7-9-11-17/h7-11,18-20,24H,12-16H2,1-6H3/t18-,19-,20-,22+/m0/s1. The van der Waals surface area contributed by atoms with Crippen LogP contribution in [-0.2, 0) is 14.8 Å². The molecule has 4 nitrogen and oxygen atoms in total. The molecular weight excluding hydrogens is 354 g/mol. The molecule has 1 aromatic carbocycles. The Hall–Kier alpha value is -0.723. The van der Waals surface area contributed by atoms with E-state index in [1.54, 1.807) is 0 Å². The SMILES string of the molecule is CC(C)(C)[Si](C)(C)O[C@H]1CC[C@H]2CCO[C@@H]([C@](C)(O)c3ccccc3)N2C1. The Morgan fingerprint density at radius 1 is 1.07 bits per heavy atom. The van der Waals surface area contributed by atoms with Gasteiger partial charge in [0.15, 0.2) is 8.32 Å². The quantitative estimate of drug-likeness (QED) is 0.768. The van der Waals surface area contributed by atoms with Crippen molar-refractivity contribution in [1.82, 2.24) is 4.90 Å². The van der Waals surface area contributed by atoms with Crippen LogP contribution in [0.2, 0.25) is 18.1 Å². The normalized spacial score (nSPS) is 29.8. The van der Waals surface area contributed by atoms with E-state index in [1.807, 2.05) is 37.3 Å². The van der Waals surface area contributed by atoms with Gasteiger partial charge < -0.3 is 14.3 Å². The van der Waals surface area contributed by atoms with Crippen LogP contribution in [0.4, 0.5) is 0 Å². The van der Waals surface area contributed by atoms with Crippen molar-refractivity contribution in [3.63, 3.8) is 0 Å². The molecule has 4 atom stereocenters. The van der Waals surface area contributed by atoms with Crippen molar-refractivity contribution in [2.75, 3.05) is 13.2 Å². The van der Waals surface area contributed by atoms with Crippen molar-refractivity contribution < 1.29 is 14.3 Å². The third kappa shape index (κ3) is 4.32. The molecule has 2 aliphatic heterocycles. The van der Waals surface area contributed by atoms with Crippen molar-refractivity contribution in [3.05, 3.63) is 35.9 Å². The van der Waals surface area contributed by atoms with E-state index < -0.39 is 13.9 Å². The Morgan fingerprint density at radius 3 is 2.37 bits per heavy atom. The van der Waals surface area contributed by atoms with Crippen LogP contribution in [0.1, 0.15) is 52.5 Å². The van der Waals surface area contributed by atoms with Crippen molar-refractivity contribution >= 4 is 8.32 Å². The summed E-state index contributed by atoms with van der Waals surface area (Å²) >= 11 is 0. The smallest absolute Gasteiger partial charge is 0.192 e. The predicted molar refractivity (Wildman–Crippen MR) is 112 cm³/mol. The molecule has 2 fully saturated rings. The molecule has 3 rings (SSSR count). The highest BCUT2D eigenvalue weighted by molar-refractivity contribution is 6.74. The molecule has 0 spiro atoms. The van der Waals surface area contributed by atoms with Crippen LogP contribution < -0.4 is 0 Å². The van der Waals surface area contributed by atoms with Crippen LogP contribution in [-0.4, -0.2) is 49.8 Å². The van der Waals surface area contributed by atoms with Crippen LogP contribution >= 0.6 is 0 Å². The van der Waals surface area contributed by atoms with Crippen LogP contribution in [0.15, 0.2) is 30.3 Å². The topological polar surface area (TPSA) is 41.9 Å². The van der Waals surface area contributed by atoms with E-state index in [4.69, 9.17) is 9.16 Å². The fourth-order valence-electron chi connectivity index (χ4n) is 4.12. The zero-order valence-corrected chi connectivity index (χ0v) is 18.9. The first-order valence-corrected chi connectivity index (χ1v) is 13.3. The molecule has 2 aliphatic rings. The molecule has 1 N–H and O–H groups in total. The Kier molecular flexibility index (Phi) is 5.91. The number of benzene rings is 1. The van der Waals surface area contributed by atoms with E-state index in [0.717, 1.165) is 31.4 Å². The molecule has 0 radical (unpaired) electrons. The number of piperidine rings is 1. The molecule has 0 aliphatic carbocycles. The highest BCUT2D eigenvalue weighted by Crippen LogP contribution is 2.41. The lowest BCUT2D eigenvalue weighted by molar-refractivity contribution is -0.226. The second-order valence-corrected chi connectivity index (χ2v) is 14.7. The van der Waals surface area contributed by atoms with E-state index in [9.17, 15) is 5.11 Å². The molecule has 5 heteroatoms. The molecule has 0 saturated carbocycles. The lowest BCUT2D eigenvalue weighted by Gasteiger charge is -2.52. The largest absolute Gasteiger partial charge is 0.413 e. The third-order valence-corrected chi connectivity index (χ3v) is 11.4. The van der Waals surface area contributed by atoms with E-state index in [1.165, 1.54) is 0 Å². The van der Waals surface area contributed by atoms with Crippen molar-refractivity contribution in [2.24, 2.45) is 0 Å². The van der Waals surface area contributed by atoms with Crippen molar-refractivity contribution in [3.8, 4) is 0 Å². The minimum Gasteiger partial charge on any atom is -0.413 e. The minimum absolute atomic E-state index is 0.206. The van der Waals surface area contributed by atoms with Crippen LogP contribution in [0.3, 0.4) is 0 Å². The van der Waals surface area contributed by atoms with Crippen LogP contribution in [0.25, 0.3) is 0 Å². The Labute approximate surface area is 166 Å². The highest BCUT2D eigenvalue weighted by Gasteiger charge is 2.47. The molecule has 1 aromatic rings. The summed E-state index contributed by atoms with van der Waals surface area (Å²) in [6, 6.07) is 10.4. The summed E-state index contributed by atoms with van der Waals surface area (Å²) in [7, 11) is -1.81. The van der Waals surface area contributed by atoms with Gasteiger partial charge in [0.25, 0.3) is 0 Å². The number of nitrogens with zero attached hydrogens (tertiary/aromatic N) is 1. The maximum Gasteiger partial charge on any atom is 0.192 e. The number of aliphatic hydroxyl groups is 1. The monoisotopic (exact) mass is 391 g/mol. The van der Waals surface area contributed by atoms with Crippen LogP contribution in [0, 0.1) is 0 Å². The molecule has 2 saturated heterocycles. The lowest BCUT2D eigenvalue weighted by atomic mass is 9.88. The second-order valence-electron chi connectivity index (χ2n) is 9.95. The van der Waals surface area contributed by atoms with Gasteiger partial charge in [-0.15, -0.1) is 0 Å². The molecule has 27 heavy (non-hydrogen) atoms. The third-order valence-electron chi connectivity index (χ3n) is 6.84. The molecule has 0 bridgehead atoms. The summed E-state index contributed by atoms with van der Waals surface area (Å²) in [6.07, 6.45) is 3.15. The number of fused-ring (bicyclic) bond motifs is 1. The van der Waals surface area contributed by atoms with E-state index in [0.29, 0.717) is 12.6 Å². The van der Waals surface area contributed by atoms with Crippen molar-refractivity contribution in [1.29, 1.82) is 0 Å². The first-order chi connectivity index (χ1) is 12.5. The number of rotatable bonds is 4. The Morgan fingerprint density at radius 2 is 1.74 bits per heavy atom. The van der Waals surface area contributed by atoms with Gasteiger partial charge in [0, 0.05) is 12.6 Å². The molecule has 152 valence electrons. The zero-order valence-electron chi connectivity index (χ0n) is 17.9. The van der Waals surface area contributed by atoms with Gasteiger partial charge in [-0.05, 0) is 49.9 Å². The first kappa shape index (κ1) is 21.0. The minimum atomic E-state index is -1.81. The summed E-state index contributed by atoms with van der Waals surface area (Å²) in [6.45, 7) is 14.9. The van der Waals surface area contributed by atoms with Gasteiger partial charge in [-0.25, -0.2) is 0 Å². The number of ether oxygens (including phenoxy) is 1. The van der Waals surface area contributed by atoms with Crippen molar-refractivity contribution in [2.45, 2.75) is 89.1 Å². The molecule has 0 aromatic heterocycles. The Balaban J connectivity index is 1.78. The molecule has 0 unspecified atom stereocenters. The predicted octanol–water partition coefficient (Wildman–Crippen LogP) is 4.50. The lowest BCUT2D eigenvalue weighted by Crippen LogP contribution is -2.62. The van der Waals surface area contributed by atoms with Gasteiger partial charge in [-0.3, -0.25) is 4.90 Å². The summed E-state index contributed by atoms with van der Waals surface area (Å²) < 4.78 is 12.9. The average molecular weight is 392 g/mol. The molecular formula is C22H37NO3Si. The van der Waals surface area contributed by atoms with Gasteiger partial charge in [0.05, 0.1) is 12.7 Å². The first-order valence-electron chi connectivity index (χ1n) is 10.4. The fourth-order valence-corrected chi connectivity index (χ4v) is 5.50. The Bertz CT molecular complexity index is 626. The fraction of sp³-hybridized carbons (Fsp3) is 0.727. The number of hydrogen-bond donors (Lipinski definition) is 1. The second kappa shape index (κ2) is 7.60. The van der Waals surface area contributed by atoms with E-state index >= 15 is 0 Å². The summed E-state index contributed by atoms with van der Waals surface area (Å²) in [5.41, 5.74) is -0.137. The average Bonchev–Trinajstić information content (AvgIpc) is 2.60. The summed E-state index contributed by atoms with van der Waals surface area (Å²) in [5, 5.41) is 11.6. The summed E-state index contributed by atoms with van der Waals surface area (Å²) in [4.78, 5) is 2.37. The molecule has 0 amide bonds. The van der Waals surface area contributed by atoms with E-state index in [-0.39, 0.29) is 17.4 Å². The summed E-state index contributed by atoms with van der Waals surface area (Å²) in [5.74, 6) is 0. The van der Waals surface area contributed by atoms with E-state index in [2.05, 4.69) is 38.8 Å². The van der Waals surface area contributed by atoms with Gasteiger partial charge in [0.1, 0.15) is 11.8 Å². The van der Waals surface area contributed by atoms with Crippen LogP contribution in [0.5, 0.6) is 0 Å². The highest BCUT2D eigenvalue weighted by atomic mass is 28.4. The van der Waals surface area contributed by atoms with Gasteiger partial charge in [-0.2, -0.15) is 0 Å². The van der Waals surface area contributed by atoms with Gasteiger partial charge >= 0.3 is 0 Å². The zero-order chi connectivity index (χ0) is 19.9.